The maximum atomic E-state index is 5.20. The highest BCUT2D eigenvalue weighted by Crippen LogP contribution is 2.22. The van der Waals surface area contributed by atoms with Crippen LogP contribution in [0.5, 0.6) is 0 Å². The minimum Gasteiger partial charge on any atom is -0.378 e. The molecule has 0 radical (unpaired) electrons. The molecule has 0 atom stereocenters. The topological polar surface area (TPSA) is 34.2 Å². The summed E-state index contributed by atoms with van der Waals surface area (Å²) in [6, 6.07) is 0. The number of thioether (sulfide) groups is 1. The minimum absolute atomic E-state index is 0.621. The molecule has 1 N–H and O–H groups in total. The van der Waals surface area contributed by atoms with Crippen molar-refractivity contribution in [3.05, 3.63) is 15.6 Å². The maximum Gasteiger partial charge on any atom is 0.103 e. The zero-order valence-electron chi connectivity index (χ0n) is 10.9. The monoisotopic (exact) mass is 274 g/mol. The summed E-state index contributed by atoms with van der Waals surface area (Å²) in [5.41, 5.74) is 1.10. The summed E-state index contributed by atoms with van der Waals surface area (Å²) < 4.78 is 5.20. The van der Waals surface area contributed by atoms with Gasteiger partial charge < -0.3 is 10.1 Å². The lowest BCUT2D eigenvalue weighted by molar-refractivity contribution is 0.181. The molecular formula is C12H22N2OS2. The van der Waals surface area contributed by atoms with Crippen molar-refractivity contribution in [2.45, 2.75) is 38.7 Å². The molecule has 0 aliphatic rings. The van der Waals surface area contributed by atoms with E-state index in [0.717, 1.165) is 24.5 Å². The minimum atomic E-state index is 0.621. The number of nitrogens with one attached hydrogen (secondary N) is 1. The van der Waals surface area contributed by atoms with Crippen molar-refractivity contribution in [2.24, 2.45) is 0 Å². The number of rotatable bonds is 9. The standard InChI is InChI=1S/C12H22N2OS2/c1-4-5-6-13-7-11-10(8-15-2)14-12(17-11)9-16-3/h13H,4-9H2,1-3H3. The molecule has 17 heavy (non-hydrogen) atoms. The summed E-state index contributed by atoms with van der Waals surface area (Å²) in [7, 11) is 1.72. The molecule has 1 heterocycles. The molecule has 0 aliphatic carbocycles. The van der Waals surface area contributed by atoms with Crippen molar-refractivity contribution in [1.82, 2.24) is 10.3 Å². The Hall–Kier alpha value is -0.100. The normalized spacial score (nSPS) is 11.0. The summed E-state index contributed by atoms with van der Waals surface area (Å²) in [5.74, 6) is 0.996. The summed E-state index contributed by atoms with van der Waals surface area (Å²) in [6.45, 7) is 4.83. The molecule has 0 spiro atoms. The first-order valence-corrected chi connectivity index (χ1v) is 8.18. The molecule has 3 nitrogen and oxygen atoms in total. The number of thiazole rings is 1. The smallest absolute Gasteiger partial charge is 0.103 e. The third-order valence-corrected chi connectivity index (χ3v) is 4.21. The lowest BCUT2D eigenvalue weighted by Crippen LogP contribution is -2.14. The fourth-order valence-corrected chi connectivity index (χ4v) is 3.25. The molecule has 98 valence electrons. The molecule has 1 aromatic heterocycles. The Balaban J connectivity index is 2.54. The van der Waals surface area contributed by atoms with Crippen molar-refractivity contribution >= 4 is 23.1 Å². The zero-order valence-corrected chi connectivity index (χ0v) is 12.5. The largest absolute Gasteiger partial charge is 0.378 e. The Bertz CT molecular complexity index is 315. The molecule has 0 unspecified atom stereocenters. The Labute approximate surface area is 112 Å². The molecule has 1 rings (SSSR count). The summed E-state index contributed by atoms with van der Waals surface area (Å²) in [6.07, 6.45) is 4.57. The summed E-state index contributed by atoms with van der Waals surface area (Å²) in [5, 5.41) is 4.67. The van der Waals surface area contributed by atoms with Crippen LogP contribution in [0.15, 0.2) is 0 Å². The van der Waals surface area contributed by atoms with Gasteiger partial charge in [0.2, 0.25) is 0 Å². The Morgan fingerprint density at radius 2 is 2.29 bits per heavy atom. The number of unbranched alkanes of at least 4 members (excludes halogenated alkanes) is 1. The van der Waals surface area contributed by atoms with E-state index < -0.39 is 0 Å². The number of ether oxygens (including phenoxy) is 1. The van der Waals surface area contributed by atoms with Gasteiger partial charge in [0.05, 0.1) is 12.3 Å². The van der Waals surface area contributed by atoms with Crippen LogP contribution in [0, 0.1) is 0 Å². The van der Waals surface area contributed by atoms with Gasteiger partial charge >= 0.3 is 0 Å². The van der Waals surface area contributed by atoms with Gasteiger partial charge in [-0.15, -0.1) is 11.3 Å². The van der Waals surface area contributed by atoms with Crippen molar-refractivity contribution in [1.29, 1.82) is 0 Å². The van der Waals surface area contributed by atoms with Gasteiger partial charge in [-0.3, -0.25) is 0 Å². The lowest BCUT2D eigenvalue weighted by Gasteiger charge is -2.03. The van der Waals surface area contributed by atoms with Crippen molar-refractivity contribution in [2.75, 3.05) is 19.9 Å². The first-order chi connectivity index (χ1) is 8.31. The molecule has 0 aromatic carbocycles. The first-order valence-electron chi connectivity index (χ1n) is 5.97. The highest BCUT2D eigenvalue weighted by atomic mass is 32.2. The van der Waals surface area contributed by atoms with E-state index in [4.69, 9.17) is 4.74 Å². The average molecular weight is 274 g/mol. The molecule has 0 saturated heterocycles. The van der Waals surface area contributed by atoms with Crippen LogP contribution in [0.2, 0.25) is 0 Å². The first kappa shape index (κ1) is 15.0. The van der Waals surface area contributed by atoms with Crippen molar-refractivity contribution in [3.63, 3.8) is 0 Å². The molecule has 0 fully saturated rings. The Kier molecular flexibility index (Phi) is 7.84. The molecule has 0 amide bonds. The third-order valence-electron chi connectivity index (χ3n) is 2.36. The van der Waals surface area contributed by atoms with Crippen LogP contribution >= 0.6 is 23.1 Å². The fourth-order valence-electron chi connectivity index (χ4n) is 1.51. The van der Waals surface area contributed by atoms with Crippen molar-refractivity contribution in [3.8, 4) is 0 Å². The lowest BCUT2D eigenvalue weighted by atomic mass is 10.3. The third kappa shape index (κ3) is 5.38. The van der Waals surface area contributed by atoms with Crippen LogP contribution in [0.4, 0.5) is 0 Å². The van der Waals surface area contributed by atoms with Gasteiger partial charge in [-0.25, -0.2) is 4.98 Å². The van der Waals surface area contributed by atoms with Gasteiger partial charge in [-0.2, -0.15) is 11.8 Å². The average Bonchev–Trinajstić information content (AvgIpc) is 2.68. The van der Waals surface area contributed by atoms with E-state index in [9.17, 15) is 0 Å². The number of hydrogen-bond acceptors (Lipinski definition) is 5. The Morgan fingerprint density at radius 1 is 1.47 bits per heavy atom. The Morgan fingerprint density at radius 3 is 2.94 bits per heavy atom. The van der Waals surface area contributed by atoms with E-state index in [2.05, 4.69) is 23.5 Å². The van der Waals surface area contributed by atoms with E-state index in [1.54, 1.807) is 7.11 Å². The van der Waals surface area contributed by atoms with Gasteiger partial charge in [0, 0.05) is 24.3 Å². The van der Waals surface area contributed by atoms with Crippen molar-refractivity contribution < 1.29 is 4.74 Å². The van der Waals surface area contributed by atoms with Gasteiger partial charge in [0.1, 0.15) is 5.01 Å². The zero-order chi connectivity index (χ0) is 12.5. The number of methoxy groups -OCH3 is 1. The van der Waals surface area contributed by atoms with Gasteiger partial charge in [0.25, 0.3) is 0 Å². The van der Waals surface area contributed by atoms with E-state index in [1.807, 2.05) is 23.1 Å². The van der Waals surface area contributed by atoms with Crippen LogP contribution in [0.3, 0.4) is 0 Å². The molecule has 1 aromatic rings. The number of hydrogen-bond donors (Lipinski definition) is 1. The second-order valence-electron chi connectivity index (χ2n) is 3.87. The summed E-state index contributed by atoms with van der Waals surface area (Å²) >= 11 is 3.62. The van der Waals surface area contributed by atoms with Crippen LogP contribution < -0.4 is 5.32 Å². The SMILES string of the molecule is CCCCNCc1sc(CSC)nc1COC. The predicted molar refractivity (Wildman–Crippen MR) is 76.7 cm³/mol. The second-order valence-corrected chi connectivity index (χ2v) is 5.91. The fraction of sp³-hybridized carbons (Fsp3) is 0.750. The van der Waals surface area contributed by atoms with Crippen LogP contribution in [0.1, 0.15) is 35.3 Å². The number of aromatic nitrogens is 1. The van der Waals surface area contributed by atoms with E-state index in [0.29, 0.717) is 6.61 Å². The number of nitrogens with zero attached hydrogens (tertiary/aromatic N) is 1. The quantitative estimate of drug-likeness (QED) is 0.702. The molecule has 0 aliphatic heterocycles. The predicted octanol–water partition coefficient (Wildman–Crippen LogP) is 3.04. The van der Waals surface area contributed by atoms with E-state index in [-0.39, 0.29) is 0 Å². The molecular weight excluding hydrogens is 252 g/mol. The van der Waals surface area contributed by atoms with Crippen LogP contribution in [-0.4, -0.2) is 24.9 Å². The van der Waals surface area contributed by atoms with E-state index >= 15 is 0 Å². The van der Waals surface area contributed by atoms with Gasteiger partial charge in [-0.05, 0) is 19.2 Å². The van der Waals surface area contributed by atoms with Crippen LogP contribution in [-0.2, 0) is 23.6 Å². The molecule has 0 saturated carbocycles. The summed E-state index contributed by atoms with van der Waals surface area (Å²) in [4.78, 5) is 5.95. The van der Waals surface area contributed by atoms with E-state index in [1.165, 1.54) is 22.7 Å². The van der Waals surface area contributed by atoms with Gasteiger partial charge in [-0.1, -0.05) is 13.3 Å². The molecule has 0 bridgehead atoms. The maximum absolute atomic E-state index is 5.20. The highest BCUT2D eigenvalue weighted by molar-refractivity contribution is 7.97. The highest BCUT2D eigenvalue weighted by Gasteiger charge is 2.10. The van der Waals surface area contributed by atoms with Crippen LogP contribution in [0.25, 0.3) is 0 Å². The van der Waals surface area contributed by atoms with Gasteiger partial charge in [0.15, 0.2) is 0 Å². The molecule has 5 heteroatoms. The second kappa shape index (κ2) is 8.91.